The summed E-state index contributed by atoms with van der Waals surface area (Å²) in [6.07, 6.45) is 1.77. The molecular formula is C27H42N2O10. The molecule has 5 fully saturated rings. The third kappa shape index (κ3) is 6.23. The minimum Gasteiger partial charge on any atom is -0.480 e. The third-order valence-corrected chi connectivity index (χ3v) is 8.67. The van der Waals surface area contributed by atoms with E-state index in [0.29, 0.717) is 18.8 Å². The van der Waals surface area contributed by atoms with Gasteiger partial charge < -0.3 is 30.0 Å². The largest absolute Gasteiger partial charge is 0.480 e. The van der Waals surface area contributed by atoms with Gasteiger partial charge in [0.1, 0.15) is 12.6 Å². The molecular weight excluding hydrogens is 512 g/mol. The quantitative estimate of drug-likeness (QED) is 0.270. The molecule has 0 aromatic carbocycles. The van der Waals surface area contributed by atoms with Crippen LogP contribution in [0.25, 0.3) is 0 Å². The maximum Gasteiger partial charge on any atom is 0.322 e. The Morgan fingerprint density at radius 2 is 1.79 bits per heavy atom. The molecule has 1 saturated carbocycles. The van der Waals surface area contributed by atoms with E-state index < -0.39 is 60.3 Å². The number of hydrogen-bond acceptors (Lipinski definition) is 9. The molecule has 2 amide bonds. The summed E-state index contributed by atoms with van der Waals surface area (Å²) in [5.74, 6) is -3.31. The van der Waals surface area contributed by atoms with Crippen molar-refractivity contribution < 1.29 is 48.3 Å². The minimum atomic E-state index is -1.18. The van der Waals surface area contributed by atoms with Gasteiger partial charge in [0.15, 0.2) is 11.9 Å². The van der Waals surface area contributed by atoms with E-state index in [1.54, 1.807) is 0 Å². The van der Waals surface area contributed by atoms with Gasteiger partial charge in [0.25, 0.3) is 0 Å². The van der Waals surface area contributed by atoms with E-state index in [0.717, 1.165) is 19.3 Å². The first-order valence-corrected chi connectivity index (χ1v) is 14.0. The smallest absolute Gasteiger partial charge is 0.322 e. The lowest BCUT2D eigenvalue weighted by molar-refractivity contribution is -0.576. The van der Waals surface area contributed by atoms with Crippen molar-refractivity contribution in [3.8, 4) is 0 Å². The van der Waals surface area contributed by atoms with Gasteiger partial charge in [-0.2, -0.15) is 0 Å². The molecule has 220 valence electrons. The summed E-state index contributed by atoms with van der Waals surface area (Å²) in [6.45, 7) is 9.24. The Kier molecular flexibility index (Phi) is 8.89. The molecule has 1 spiro atoms. The van der Waals surface area contributed by atoms with Gasteiger partial charge >= 0.3 is 11.9 Å². The van der Waals surface area contributed by atoms with Crippen LogP contribution >= 0.6 is 0 Å². The number of hydrogen-bond donors (Lipinski definition) is 3. The van der Waals surface area contributed by atoms with Gasteiger partial charge in [0.2, 0.25) is 23.9 Å². The Morgan fingerprint density at radius 1 is 1.05 bits per heavy atom. The van der Waals surface area contributed by atoms with Gasteiger partial charge in [-0.1, -0.05) is 27.7 Å². The van der Waals surface area contributed by atoms with Crippen molar-refractivity contribution in [2.24, 2.45) is 29.6 Å². The van der Waals surface area contributed by atoms with Crippen molar-refractivity contribution in [3.05, 3.63) is 0 Å². The molecule has 0 unspecified atom stereocenters. The first-order chi connectivity index (χ1) is 18.3. The van der Waals surface area contributed by atoms with Crippen LogP contribution in [0, 0.1) is 29.6 Å². The normalized spacial score (nSPS) is 37.8. The van der Waals surface area contributed by atoms with Gasteiger partial charge in [0.05, 0.1) is 6.42 Å². The number of fused-ring (bicyclic) bond motifs is 2. The number of nitrogens with one attached hydrogen (secondary N) is 2. The number of carboxylic acid groups (broad SMARTS) is 1. The molecule has 4 aliphatic heterocycles. The van der Waals surface area contributed by atoms with Crippen LogP contribution in [0.1, 0.15) is 79.6 Å². The lowest BCUT2D eigenvalue weighted by Crippen LogP contribution is -2.70. The Balaban J connectivity index is 1.35. The summed E-state index contributed by atoms with van der Waals surface area (Å²) in [7, 11) is 0. The Bertz CT molecular complexity index is 959. The average molecular weight is 555 g/mol. The Labute approximate surface area is 228 Å². The highest BCUT2D eigenvalue weighted by Crippen LogP contribution is 2.60. The molecule has 12 nitrogen and oxygen atoms in total. The molecule has 4 heterocycles. The zero-order valence-corrected chi connectivity index (χ0v) is 23.4. The van der Waals surface area contributed by atoms with E-state index in [-0.39, 0.29) is 36.5 Å². The predicted octanol–water partition coefficient (Wildman–Crippen LogP) is 2.25. The van der Waals surface area contributed by atoms with Crippen molar-refractivity contribution in [2.45, 2.75) is 110 Å². The Morgan fingerprint density at radius 3 is 2.49 bits per heavy atom. The van der Waals surface area contributed by atoms with Crippen LogP contribution in [0.3, 0.4) is 0 Å². The second-order valence-electron chi connectivity index (χ2n) is 12.1. The molecule has 2 bridgehead atoms. The Hall–Kier alpha value is -2.28. The highest BCUT2D eigenvalue weighted by Gasteiger charge is 2.69. The maximum atomic E-state index is 12.8. The fourth-order valence-electron chi connectivity index (χ4n) is 6.67. The van der Waals surface area contributed by atoms with Crippen LogP contribution in [0.2, 0.25) is 0 Å². The SMILES string of the molecule is CC(C)C[C@H](NC(=O)CCC(=O)O[C@@H]1O[C@H]2O[C@]3(C)CC[C@H]4[C@H](C)CC[C@@H]([C@H]1C)[C@@]24OO3)C(=O)NCC(=O)O. The predicted molar refractivity (Wildman–Crippen MR) is 134 cm³/mol. The highest BCUT2D eigenvalue weighted by atomic mass is 17.3. The number of carbonyl (C=O) groups is 4. The molecule has 0 aromatic heterocycles. The van der Waals surface area contributed by atoms with E-state index >= 15 is 0 Å². The van der Waals surface area contributed by atoms with E-state index in [4.69, 9.17) is 29.1 Å². The van der Waals surface area contributed by atoms with Crippen LogP contribution in [0.5, 0.6) is 0 Å². The second kappa shape index (κ2) is 11.7. The molecule has 9 atom stereocenters. The minimum absolute atomic E-state index is 0.00213. The van der Waals surface area contributed by atoms with E-state index in [1.807, 2.05) is 27.7 Å². The van der Waals surface area contributed by atoms with E-state index in [2.05, 4.69) is 17.6 Å². The average Bonchev–Trinajstić information content (AvgIpc) is 3.09. The van der Waals surface area contributed by atoms with Gasteiger partial charge in [-0.05, 0) is 50.4 Å². The van der Waals surface area contributed by atoms with Gasteiger partial charge in [0, 0.05) is 24.7 Å². The molecule has 5 aliphatic rings. The number of amides is 2. The van der Waals surface area contributed by atoms with Crippen LogP contribution in [0.4, 0.5) is 0 Å². The zero-order chi connectivity index (χ0) is 28.5. The first-order valence-electron chi connectivity index (χ1n) is 14.0. The summed E-state index contributed by atoms with van der Waals surface area (Å²) in [4.78, 5) is 60.4. The van der Waals surface area contributed by atoms with Crippen molar-refractivity contribution >= 4 is 23.8 Å². The first kappa shape index (κ1) is 29.7. The lowest BCUT2D eigenvalue weighted by atomic mass is 9.58. The van der Waals surface area contributed by atoms with E-state index in [9.17, 15) is 19.2 Å². The maximum absolute atomic E-state index is 12.8. The molecule has 12 heteroatoms. The van der Waals surface area contributed by atoms with Crippen LogP contribution in [0.15, 0.2) is 0 Å². The standard InChI is InChI=1S/C27H42N2O10/c1-14(2)12-19(23(34)28-13-21(31)32)29-20(30)8-9-22(33)35-24-16(4)18-7-6-15(3)17-10-11-26(5)37-25(36-24)27(17,18)39-38-26/h14-19,24-25H,6-13H2,1-5H3,(H,28,34)(H,29,30)(H,31,32)/t15-,16-,17+,18+,19+,24-,25+,26+,27-/m1/s1. The molecule has 39 heavy (non-hydrogen) atoms. The summed E-state index contributed by atoms with van der Waals surface area (Å²) >= 11 is 0. The number of esters is 1. The molecule has 0 aromatic rings. The number of carboxylic acids is 1. The molecule has 1 aliphatic carbocycles. The van der Waals surface area contributed by atoms with Crippen molar-refractivity contribution in [2.75, 3.05) is 6.54 Å². The fraction of sp³-hybridized carbons (Fsp3) is 0.852. The van der Waals surface area contributed by atoms with Gasteiger partial charge in [-0.25, -0.2) is 9.78 Å². The van der Waals surface area contributed by atoms with E-state index in [1.165, 1.54) is 0 Å². The number of aliphatic carboxylic acids is 1. The fourth-order valence-corrected chi connectivity index (χ4v) is 6.67. The third-order valence-electron chi connectivity index (χ3n) is 8.67. The summed E-state index contributed by atoms with van der Waals surface area (Å²) in [6, 6.07) is -0.904. The van der Waals surface area contributed by atoms with Gasteiger partial charge in [-0.15, -0.1) is 0 Å². The second-order valence-corrected chi connectivity index (χ2v) is 12.1. The molecule has 4 saturated heterocycles. The number of rotatable bonds is 10. The van der Waals surface area contributed by atoms with Crippen molar-refractivity contribution in [1.82, 2.24) is 10.6 Å². The summed E-state index contributed by atoms with van der Waals surface area (Å²) in [5.41, 5.74) is -0.761. The van der Waals surface area contributed by atoms with Crippen molar-refractivity contribution in [1.29, 1.82) is 0 Å². The monoisotopic (exact) mass is 554 g/mol. The van der Waals surface area contributed by atoms with Crippen molar-refractivity contribution in [3.63, 3.8) is 0 Å². The molecule has 3 N–H and O–H groups in total. The van der Waals surface area contributed by atoms with Crippen LogP contribution in [-0.4, -0.2) is 65.4 Å². The zero-order valence-electron chi connectivity index (χ0n) is 23.4. The molecule has 5 rings (SSSR count). The van der Waals surface area contributed by atoms with Crippen LogP contribution < -0.4 is 10.6 Å². The lowest BCUT2D eigenvalue weighted by Gasteiger charge is -2.59. The number of carbonyl (C=O) groups excluding carboxylic acids is 3. The summed E-state index contributed by atoms with van der Waals surface area (Å²) < 4.78 is 18.2. The topological polar surface area (TPSA) is 159 Å². The summed E-state index contributed by atoms with van der Waals surface area (Å²) in [5, 5.41) is 13.7. The number of ether oxygens (including phenoxy) is 3. The van der Waals surface area contributed by atoms with Crippen LogP contribution in [-0.2, 0) is 43.2 Å². The highest BCUT2D eigenvalue weighted by molar-refractivity contribution is 5.90. The molecule has 0 radical (unpaired) electrons. The van der Waals surface area contributed by atoms with Gasteiger partial charge in [-0.3, -0.25) is 19.2 Å².